The second kappa shape index (κ2) is 9.10. The maximum atomic E-state index is 11.6. The van der Waals surface area contributed by atoms with Crippen molar-refractivity contribution in [2.45, 2.75) is 25.8 Å². The van der Waals surface area contributed by atoms with Crippen molar-refractivity contribution >= 4 is 18.3 Å². The Morgan fingerprint density at radius 2 is 2.17 bits per heavy atom. The molecule has 1 aliphatic carbocycles. The first-order valence-electron chi connectivity index (χ1n) is 8.01. The van der Waals surface area contributed by atoms with E-state index >= 15 is 0 Å². The number of amides is 1. The smallest absolute Gasteiger partial charge is 0.207 e. The largest absolute Gasteiger partial charge is 0.492 e. The number of para-hydroxylation sites is 1. The van der Waals surface area contributed by atoms with E-state index in [0.717, 1.165) is 24.2 Å². The minimum Gasteiger partial charge on any atom is -0.492 e. The molecule has 0 spiro atoms. The van der Waals surface area contributed by atoms with Gasteiger partial charge in [0.1, 0.15) is 18.1 Å². The second-order valence-corrected chi connectivity index (χ2v) is 5.69. The molecule has 5 heteroatoms. The van der Waals surface area contributed by atoms with Gasteiger partial charge in [0.15, 0.2) is 0 Å². The molecule has 0 aliphatic heterocycles. The van der Waals surface area contributed by atoms with Crippen LogP contribution in [0.1, 0.15) is 25.3 Å². The molecule has 0 aromatic heterocycles. The Morgan fingerprint density at radius 1 is 1.39 bits per heavy atom. The van der Waals surface area contributed by atoms with Gasteiger partial charge in [-0.1, -0.05) is 30.4 Å². The molecule has 5 nitrogen and oxygen atoms in total. The molecule has 2 rings (SSSR count). The number of Topliss-reactive ketones (excluding diaryl/α,β-unsaturated/α-hetero) is 1. The summed E-state index contributed by atoms with van der Waals surface area (Å²) >= 11 is 0. The fourth-order valence-electron chi connectivity index (χ4n) is 2.50. The average molecular weight is 316 g/mol. The first-order chi connectivity index (χ1) is 11.2. The average Bonchev–Trinajstić information content (AvgIpc) is 3.37. The summed E-state index contributed by atoms with van der Waals surface area (Å²) in [5.74, 6) is 1.51. The molecule has 2 N–H and O–H groups in total. The van der Waals surface area contributed by atoms with Crippen LogP contribution in [0.4, 0.5) is 0 Å². The van der Waals surface area contributed by atoms with Crippen LogP contribution in [0.5, 0.6) is 5.75 Å². The SMILES string of the molecule is CC(=O)C(NCCOc1ccccc1/C=C/CNC=O)C1CC1. The summed E-state index contributed by atoms with van der Waals surface area (Å²) in [6.07, 6.45) is 6.74. The topological polar surface area (TPSA) is 67.4 Å². The third-order valence-corrected chi connectivity index (χ3v) is 3.79. The van der Waals surface area contributed by atoms with Crippen LogP contribution in [0.15, 0.2) is 30.3 Å². The van der Waals surface area contributed by atoms with Gasteiger partial charge in [-0.05, 0) is 31.7 Å². The van der Waals surface area contributed by atoms with Crippen molar-refractivity contribution in [2.24, 2.45) is 5.92 Å². The first-order valence-corrected chi connectivity index (χ1v) is 8.01. The first kappa shape index (κ1) is 17.2. The minimum absolute atomic E-state index is 0.0249. The molecule has 23 heavy (non-hydrogen) atoms. The molecular weight excluding hydrogens is 292 g/mol. The highest BCUT2D eigenvalue weighted by molar-refractivity contribution is 5.82. The molecule has 1 aliphatic rings. The van der Waals surface area contributed by atoms with Gasteiger partial charge in [-0.15, -0.1) is 0 Å². The Balaban J connectivity index is 1.79. The molecular formula is C18H24N2O3. The minimum atomic E-state index is -0.0249. The van der Waals surface area contributed by atoms with Crippen LogP contribution in [0.25, 0.3) is 6.08 Å². The van der Waals surface area contributed by atoms with Gasteiger partial charge in [0, 0.05) is 18.7 Å². The number of hydrogen-bond acceptors (Lipinski definition) is 4. The highest BCUT2D eigenvalue weighted by Gasteiger charge is 2.33. The van der Waals surface area contributed by atoms with Gasteiger partial charge in [0.05, 0.1) is 6.04 Å². The zero-order chi connectivity index (χ0) is 16.5. The Bertz CT molecular complexity index is 553. The van der Waals surface area contributed by atoms with E-state index in [1.165, 1.54) is 0 Å². The Labute approximate surface area is 137 Å². The van der Waals surface area contributed by atoms with Crippen molar-refractivity contribution in [1.29, 1.82) is 0 Å². The van der Waals surface area contributed by atoms with Gasteiger partial charge in [-0.25, -0.2) is 0 Å². The summed E-state index contributed by atoms with van der Waals surface area (Å²) in [6, 6.07) is 7.71. The lowest BCUT2D eigenvalue weighted by atomic mass is 10.1. The summed E-state index contributed by atoms with van der Waals surface area (Å²) in [6.45, 7) is 3.28. The van der Waals surface area contributed by atoms with E-state index in [1.54, 1.807) is 6.92 Å². The Hall–Kier alpha value is -2.14. The van der Waals surface area contributed by atoms with Crippen LogP contribution in [-0.4, -0.2) is 37.9 Å². The molecule has 0 radical (unpaired) electrons. The molecule has 1 atom stereocenters. The highest BCUT2D eigenvalue weighted by Crippen LogP contribution is 2.32. The normalized spacial score (nSPS) is 15.3. The third-order valence-electron chi connectivity index (χ3n) is 3.79. The number of rotatable bonds is 11. The summed E-state index contributed by atoms with van der Waals surface area (Å²) in [5, 5.41) is 5.87. The van der Waals surface area contributed by atoms with Crippen molar-refractivity contribution < 1.29 is 14.3 Å². The number of carbonyl (C=O) groups is 2. The number of carbonyl (C=O) groups excluding carboxylic acids is 2. The molecule has 0 heterocycles. The quantitative estimate of drug-likeness (QED) is 0.482. The van der Waals surface area contributed by atoms with Crippen LogP contribution in [0.2, 0.25) is 0 Å². The van der Waals surface area contributed by atoms with E-state index < -0.39 is 0 Å². The lowest BCUT2D eigenvalue weighted by molar-refractivity contribution is -0.119. The van der Waals surface area contributed by atoms with Gasteiger partial charge in [-0.3, -0.25) is 9.59 Å². The number of ether oxygens (including phenoxy) is 1. The van der Waals surface area contributed by atoms with Crippen LogP contribution in [0, 0.1) is 5.92 Å². The number of nitrogens with one attached hydrogen (secondary N) is 2. The monoisotopic (exact) mass is 316 g/mol. The van der Waals surface area contributed by atoms with Gasteiger partial charge in [0.25, 0.3) is 0 Å². The Kier molecular flexibility index (Phi) is 6.81. The highest BCUT2D eigenvalue weighted by atomic mass is 16.5. The molecule has 1 fully saturated rings. The van der Waals surface area contributed by atoms with E-state index in [1.807, 2.05) is 36.4 Å². The van der Waals surface area contributed by atoms with Crippen LogP contribution >= 0.6 is 0 Å². The van der Waals surface area contributed by atoms with Crippen LogP contribution in [0.3, 0.4) is 0 Å². The number of ketones is 1. The fourth-order valence-corrected chi connectivity index (χ4v) is 2.50. The van der Waals surface area contributed by atoms with Crippen molar-refractivity contribution in [3.8, 4) is 5.75 Å². The van der Waals surface area contributed by atoms with Gasteiger partial charge in [0.2, 0.25) is 6.41 Å². The molecule has 1 aromatic rings. The maximum Gasteiger partial charge on any atom is 0.207 e. The summed E-state index contributed by atoms with van der Waals surface area (Å²) in [5.41, 5.74) is 0.963. The standard InChI is InChI=1S/C18H24N2O3/c1-14(22)18(16-8-9-16)20-11-12-23-17-7-3-2-5-15(17)6-4-10-19-13-21/h2-7,13,16,18,20H,8-12H2,1H3,(H,19,21)/b6-4+. The Morgan fingerprint density at radius 3 is 2.87 bits per heavy atom. The van der Waals surface area contributed by atoms with E-state index in [2.05, 4.69) is 10.6 Å². The van der Waals surface area contributed by atoms with Crippen molar-refractivity contribution in [3.05, 3.63) is 35.9 Å². The summed E-state index contributed by atoms with van der Waals surface area (Å²) in [7, 11) is 0. The third kappa shape index (κ3) is 5.87. The lowest BCUT2D eigenvalue weighted by Crippen LogP contribution is -2.39. The van der Waals surface area contributed by atoms with Crippen LogP contribution < -0.4 is 15.4 Å². The van der Waals surface area contributed by atoms with Crippen LogP contribution in [-0.2, 0) is 9.59 Å². The van der Waals surface area contributed by atoms with E-state index in [-0.39, 0.29) is 11.8 Å². The molecule has 1 unspecified atom stereocenters. The predicted molar refractivity (Wildman–Crippen MR) is 90.2 cm³/mol. The van der Waals surface area contributed by atoms with E-state index in [0.29, 0.717) is 32.0 Å². The van der Waals surface area contributed by atoms with Gasteiger partial charge < -0.3 is 15.4 Å². The molecule has 0 bridgehead atoms. The predicted octanol–water partition coefficient (Wildman–Crippen LogP) is 1.78. The summed E-state index contributed by atoms with van der Waals surface area (Å²) < 4.78 is 5.81. The molecule has 1 saturated carbocycles. The van der Waals surface area contributed by atoms with E-state index in [4.69, 9.17) is 4.74 Å². The molecule has 124 valence electrons. The maximum absolute atomic E-state index is 11.6. The molecule has 0 saturated heterocycles. The van der Waals surface area contributed by atoms with Crippen molar-refractivity contribution in [1.82, 2.24) is 10.6 Å². The summed E-state index contributed by atoms with van der Waals surface area (Å²) in [4.78, 5) is 21.8. The number of hydrogen-bond donors (Lipinski definition) is 2. The second-order valence-electron chi connectivity index (χ2n) is 5.69. The zero-order valence-corrected chi connectivity index (χ0v) is 13.5. The number of benzene rings is 1. The van der Waals surface area contributed by atoms with E-state index in [9.17, 15) is 9.59 Å². The van der Waals surface area contributed by atoms with Crippen molar-refractivity contribution in [2.75, 3.05) is 19.7 Å². The van der Waals surface area contributed by atoms with Gasteiger partial charge in [-0.2, -0.15) is 0 Å². The molecule has 1 aromatic carbocycles. The van der Waals surface area contributed by atoms with Gasteiger partial charge >= 0.3 is 0 Å². The zero-order valence-electron chi connectivity index (χ0n) is 13.5. The molecule has 1 amide bonds. The fraction of sp³-hybridized carbons (Fsp3) is 0.444. The lowest BCUT2D eigenvalue weighted by Gasteiger charge is -2.15. The van der Waals surface area contributed by atoms with Crippen molar-refractivity contribution in [3.63, 3.8) is 0 Å².